The van der Waals surface area contributed by atoms with Crippen molar-refractivity contribution in [3.05, 3.63) is 56.7 Å². The van der Waals surface area contributed by atoms with Gasteiger partial charge in [0.05, 0.1) is 0 Å². The standard InChI is InChI=1S/3C8H15N3.C8H14N2O.C8H14N2S.5CH4/c3*1-5(2)7-9-8(6(3)4)11-10-7;2*1-5(2)7-9-10-8(11-7)6(3)4;;;;;/h3*5-6H,1-4H3,(H,9,10,11);2*5-6H,1-4H3;5*1H4. The Bertz CT molecular complexity index is 1320. The largest absolute Gasteiger partial charge is 0.425 e. The number of rotatable bonds is 10. The normalized spacial score (nSPS) is 10.5. The minimum Gasteiger partial charge on any atom is -0.425 e. The fourth-order valence-corrected chi connectivity index (χ4v) is 4.69. The monoisotopic (exact) mass is 864 g/mol. The Labute approximate surface area is 372 Å². The van der Waals surface area contributed by atoms with E-state index in [0.29, 0.717) is 59.2 Å². The summed E-state index contributed by atoms with van der Waals surface area (Å²) in [6.07, 6.45) is 0. The van der Waals surface area contributed by atoms with Gasteiger partial charge in [0.25, 0.3) is 0 Å². The zero-order valence-corrected chi connectivity index (χ0v) is 38.4. The number of nitrogens with one attached hydrogen (secondary N) is 3. The zero-order chi connectivity index (χ0) is 42.2. The molecular formula is C45H93N13OS. The lowest BCUT2D eigenvalue weighted by Gasteiger charge is -1.96. The lowest BCUT2D eigenvalue weighted by Crippen LogP contribution is -1.92. The molecule has 0 saturated heterocycles. The summed E-state index contributed by atoms with van der Waals surface area (Å²) in [4.78, 5) is 13.0. The number of nitrogens with zero attached hydrogens (tertiary/aromatic N) is 10. The third-order valence-corrected chi connectivity index (χ3v) is 9.16. The predicted octanol–water partition coefficient (Wildman–Crippen LogP) is 14.4. The quantitative estimate of drug-likeness (QED) is 0.121. The number of aromatic amines is 3. The Kier molecular flexibility index (Phi) is 34.7. The van der Waals surface area contributed by atoms with Gasteiger partial charge in [0.2, 0.25) is 11.8 Å². The van der Waals surface area contributed by atoms with Gasteiger partial charge in [-0.2, -0.15) is 15.3 Å². The predicted molar refractivity (Wildman–Crippen MR) is 258 cm³/mol. The van der Waals surface area contributed by atoms with Crippen LogP contribution in [0.25, 0.3) is 0 Å². The molecule has 0 aliphatic carbocycles. The van der Waals surface area contributed by atoms with E-state index in [1.807, 2.05) is 27.7 Å². The summed E-state index contributed by atoms with van der Waals surface area (Å²) in [7, 11) is 0. The number of hydrogen-bond acceptors (Lipinski definition) is 12. The lowest BCUT2D eigenvalue weighted by molar-refractivity contribution is 0.417. The molecule has 15 heteroatoms. The highest BCUT2D eigenvalue weighted by Gasteiger charge is 2.13. The van der Waals surface area contributed by atoms with Gasteiger partial charge in [-0.1, -0.05) is 176 Å². The molecule has 0 radical (unpaired) electrons. The second kappa shape index (κ2) is 31.9. The Hall–Kier alpha value is -3.88. The molecule has 0 aliphatic rings. The van der Waals surface area contributed by atoms with Gasteiger partial charge in [-0.15, -0.1) is 31.7 Å². The van der Waals surface area contributed by atoms with E-state index in [0.717, 1.165) is 56.7 Å². The first-order valence-electron chi connectivity index (χ1n) is 20.0. The maximum atomic E-state index is 5.38. The number of hydrogen-bond donors (Lipinski definition) is 3. The van der Waals surface area contributed by atoms with Crippen LogP contribution in [-0.4, -0.2) is 65.9 Å². The van der Waals surface area contributed by atoms with Crippen LogP contribution in [0.5, 0.6) is 0 Å². The first kappa shape index (κ1) is 65.2. The fraction of sp³-hybridized carbons (Fsp3) is 0.778. The first-order valence-corrected chi connectivity index (χ1v) is 20.8. The van der Waals surface area contributed by atoms with Crippen LogP contribution >= 0.6 is 11.3 Å². The first-order chi connectivity index (χ1) is 25.5. The molecule has 5 aromatic rings. The Morgan fingerprint density at radius 3 is 0.700 bits per heavy atom. The molecule has 5 heterocycles. The molecule has 0 atom stereocenters. The highest BCUT2D eigenvalue weighted by atomic mass is 32.1. The summed E-state index contributed by atoms with van der Waals surface area (Å²) in [5.41, 5.74) is 0. The molecule has 0 spiro atoms. The molecule has 0 bridgehead atoms. The van der Waals surface area contributed by atoms with Crippen molar-refractivity contribution in [2.75, 3.05) is 0 Å². The van der Waals surface area contributed by atoms with Crippen LogP contribution in [0.3, 0.4) is 0 Å². The van der Waals surface area contributed by atoms with Crippen molar-refractivity contribution in [1.29, 1.82) is 0 Å². The van der Waals surface area contributed by atoms with Crippen LogP contribution in [0.1, 0.15) is 292 Å². The van der Waals surface area contributed by atoms with E-state index in [-0.39, 0.29) is 37.1 Å². The number of H-pyrrole nitrogens is 3. The van der Waals surface area contributed by atoms with Gasteiger partial charge < -0.3 is 4.42 Å². The van der Waals surface area contributed by atoms with Crippen LogP contribution in [0.4, 0.5) is 0 Å². The molecule has 0 unspecified atom stereocenters. The van der Waals surface area contributed by atoms with Crippen molar-refractivity contribution in [2.45, 2.75) is 235 Å². The van der Waals surface area contributed by atoms with E-state index in [1.54, 1.807) is 11.3 Å². The second-order valence-corrected chi connectivity index (χ2v) is 17.8. The molecule has 0 saturated carbocycles. The van der Waals surface area contributed by atoms with Crippen molar-refractivity contribution in [2.24, 2.45) is 0 Å². The molecule has 350 valence electrons. The molecule has 5 rings (SSSR count). The van der Waals surface area contributed by atoms with Crippen LogP contribution in [-0.2, 0) is 0 Å². The topological polar surface area (TPSA) is 189 Å². The van der Waals surface area contributed by atoms with Gasteiger partial charge in [0, 0.05) is 59.2 Å². The van der Waals surface area contributed by atoms with E-state index in [9.17, 15) is 0 Å². The van der Waals surface area contributed by atoms with Gasteiger partial charge in [-0.3, -0.25) is 15.3 Å². The Morgan fingerprint density at radius 2 is 0.583 bits per heavy atom. The lowest BCUT2D eigenvalue weighted by atomic mass is 10.2. The average molecular weight is 864 g/mol. The van der Waals surface area contributed by atoms with Crippen LogP contribution in [0.2, 0.25) is 0 Å². The smallest absolute Gasteiger partial charge is 0.219 e. The summed E-state index contributed by atoms with van der Waals surface area (Å²) >= 11 is 1.73. The van der Waals surface area contributed by atoms with Crippen molar-refractivity contribution in [3.63, 3.8) is 0 Å². The Morgan fingerprint density at radius 1 is 0.333 bits per heavy atom. The average Bonchev–Trinajstić information content (AvgIpc) is 3.95. The number of aromatic nitrogens is 13. The van der Waals surface area contributed by atoms with Crippen LogP contribution in [0.15, 0.2) is 4.42 Å². The summed E-state index contributed by atoms with van der Waals surface area (Å²) < 4.78 is 5.38. The second-order valence-electron chi connectivity index (χ2n) is 16.7. The summed E-state index contributed by atoms with van der Waals surface area (Å²) in [5, 5.41) is 39.4. The highest BCUT2D eigenvalue weighted by Crippen LogP contribution is 2.24. The van der Waals surface area contributed by atoms with Gasteiger partial charge >= 0.3 is 0 Å². The molecule has 0 aliphatic heterocycles. The molecular weight excluding hydrogens is 771 g/mol. The van der Waals surface area contributed by atoms with Crippen molar-refractivity contribution in [1.82, 2.24) is 65.9 Å². The van der Waals surface area contributed by atoms with E-state index in [2.05, 4.69) is 177 Å². The molecule has 0 amide bonds. The summed E-state index contributed by atoms with van der Waals surface area (Å²) in [5.74, 6) is 11.4. The van der Waals surface area contributed by atoms with Crippen molar-refractivity contribution in [3.8, 4) is 0 Å². The maximum Gasteiger partial charge on any atom is 0.219 e. The molecule has 60 heavy (non-hydrogen) atoms. The van der Waals surface area contributed by atoms with E-state index in [4.69, 9.17) is 4.42 Å². The third kappa shape index (κ3) is 23.2. The SMILES string of the molecule is C.C.C.C.C.CC(C)c1n[nH]c(C(C)C)n1.CC(C)c1n[nH]c(C(C)C)n1.CC(C)c1n[nH]c(C(C)C)n1.CC(C)c1nnc(C(C)C)o1.CC(C)c1nnc(C(C)C)s1. The van der Waals surface area contributed by atoms with Gasteiger partial charge in [-0.05, 0) is 0 Å². The molecule has 0 fully saturated rings. The van der Waals surface area contributed by atoms with Crippen LogP contribution in [0, 0.1) is 0 Å². The molecule has 3 N–H and O–H groups in total. The van der Waals surface area contributed by atoms with Gasteiger partial charge in [-0.25, -0.2) is 15.0 Å². The highest BCUT2D eigenvalue weighted by molar-refractivity contribution is 7.11. The van der Waals surface area contributed by atoms with E-state index >= 15 is 0 Å². The fourth-order valence-electron chi connectivity index (χ4n) is 3.84. The van der Waals surface area contributed by atoms with E-state index < -0.39 is 0 Å². The molecule has 14 nitrogen and oxygen atoms in total. The van der Waals surface area contributed by atoms with Crippen molar-refractivity contribution >= 4 is 11.3 Å². The minimum atomic E-state index is 0. The van der Waals surface area contributed by atoms with Gasteiger partial charge in [0.1, 0.15) is 27.5 Å². The summed E-state index contributed by atoms with van der Waals surface area (Å²) in [6.45, 7) is 41.9. The van der Waals surface area contributed by atoms with Crippen molar-refractivity contribution < 1.29 is 4.42 Å². The van der Waals surface area contributed by atoms with E-state index in [1.165, 1.54) is 0 Å². The van der Waals surface area contributed by atoms with Gasteiger partial charge in [0.15, 0.2) is 17.5 Å². The minimum absolute atomic E-state index is 0. The zero-order valence-electron chi connectivity index (χ0n) is 37.6. The Balaban J connectivity index is -0.000000206. The third-order valence-electron chi connectivity index (χ3n) is 7.64. The van der Waals surface area contributed by atoms with Crippen LogP contribution < -0.4 is 0 Å². The molecule has 5 aromatic heterocycles. The summed E-state index contributed by atoms with van der Waals surface area (Å²) in [6, 6.07) is 0. The maximum absolute atomic E-state index is 5.38. The molecule has 0 aromatic carbocycles.